The number of oxazole rings is 1. The summed E-state index contributed by atoms with van der Waals surface area (Å²) in [6.45, 7) is 4.88. The van der Waals surface area contributed by atoms with Gasteiger partial charge in [0.15, 0.2) is 5.58 Å². The predicted molar refractivity (Wildman–Crippen MR) is 75.2 cm³/mol. The third-order valence-corrected chi connectivity index (χ3v) is 3.95. The maximum absolute atomic E-state index is 12.0. The lowest BCUT2D eigenvalue weighted by Crippen LogP contribution is -2.45. The Morgan fingerprint density at radius 3 is 3.11 bits per heavy atom. The summed E-state index contributed by atoms with van der Waals surface area (Å²) in [6.07, 6.45) is 0. The highest BCUT2D eigenvalue weighted by atomic mass is 79.9. The summed E-state index contributed by atoms with van der Waals surface area (Å²) in [7, 11) is 0. The van der Waals surface area contributed by atoms with Crippen LogP contribution in [0.15, 0.2) is 31.9 Å². The van der Waals surface area contributed by atoms with Gasteiger partial charge in [-0.2, -0.15) is 0 Å². The van der Waals surface area contributed by atoms with E-state index in [2.05, 4.69) is 27.8 Å². The van der Waals surface area contributed by atoms with Gasteiger partial charge in [0.1, 0.15) is 0 Å². The molecule has 102 valence electrons. The minimum Gasteiger partial charge on any atom is -0.408 e. The molecule has 1 aliphatic heterocycles. The first-order valence-corrected chi connectivity index (χ1v) is 7.05. The fourth-order valence-corrected chi connectivity index (χ4v) is 2.67. The van der Waals surface area contributed by atoms with E-state index in [1.807, 2.05) is 18.2 Å². The van der Waals surface area contributed by atoms with Crippen LogP contribution in [-0.4, -0.2) is 35.3 Å². The SMILES string of the molecule is C[C@@H]1COCCN1Cn1c(=O)oc2cc(Br)ccc21. The van der Waals surface area contributed by atoms with Gasteiger partial charge in [-0.3, -0.25) is 9.47 Å². The van der Waals surface area contributed by atoms with Gasteiger partial charge in [-0.1, -0.05) is 15.9 Å². The molecule has 5 nitrogen and oxygen atoms in total. The van der Waals surface area contributed by atoms with Crippen LogP contribution in [0, 0.1) is 0 Å². The summed E-state index contributed by atoms with van der Waals surface area (Å²) < 4.78 is 13.3. The summed E-state index contributed by atoms with van der Waals surface area (Å²) >= 11 is 3.38. The fourth-order valence-electron chi connectivity index (χ4n) is 2.33. The number of benzene rings is 1. The van der Waals surface area contributed by atoms with Crippen molar-refractivity contribution in [3.05, 3.63) is 33.2 Å². The Labute approximate surface area is 118 Å². The van der Waals surface area contributed by atoms with Gasteiger partial charge >= 0.3 is 5.76 Å². The van der Waals surface area contributed by atoms with Gasteiger partial charge in [0, 0.05) is 17.1 Å². The van der Waals surface area contributed by atoms with E-state index in [0.29, 0.717) is 31.5 Å². The number of hydrogen-bond acceptors (Lipinski definition) is 4. The molecule has 3 rings (SSSR count). The first-order valence-electron chi connectivity index (χ1n) is 6.26. The van der Waals surface area contributed by atoms with Crippen molar-refractivity contribution < 1.29 is 9.15 Å². The molecular weight excluding hydrogens is 312 g/mol. The van der Waals surface area contributed by atoms with Crippen LogP contribution in [0.3, 0.4) is 0 Å². The average molecular weight is 327 g/mol. The zero-order chi connectivity index (χ0) is 13.4. The second kappa shape index (κ2) is 5.11. The highest BCUT2D eigenvalue weighted by Crippen LogP contribution is 2.19. The topological polar surface area (TPSA) is 47.6 Å². The lowest BCUT2D eigenvalue weighted by molar-refractivity contribution is -0.0155. The van der Waals surface area contributed by atoms with Gasteiger partial charge in [0.05, 0.1) is 25.4 Å². The lowest BCUT2D eigenvalue weighted by Gasteiger charge is -2.32. The van der Waals surface area contributed by atoms with Gasteiger partial charge in [0.25, 0.3) is 0 Å². The Balaban J connectivity index is 1.96. The Bertz CT molecular complexity index is 649. The van der Waals surface area contributed by atoms with Gasteiger partial charge in [0.2, 0.25) is 0 Å². The second-order valence-electron chi connectivity index (χ2n) is 4.79. The molecule has 0 spiro atoms. The lowest BCUT2D eigenvalue weighted by atomic mass is 10.3. The van der Waals surface area contributed by atoms with Crippen molar-refractivity contribution in [2.24, 2.45) is 0 Å². The van der Waals surface area contributed by atoms with Crippen LogP contribution in [0.2, 0.25) is 0 Å². The van der Waals surface area contributed by atoms with E-state index in [0.717, 1.165) is 16.5 Å². The number of hydrogen-bond donors (Lipinski definition) is 0. The minimum absolute atomic E-state index is 0.307. The van der Waals surface area contributed by atoms with E-state index < -0.39 is 0 Å². The van der Waals surface area contributed by atoms with Gasteiger partial charge in [-0.15, -0.1) is 0 Å². The van der Waals surface area contributed by atoms with E-state index in [1.165, 1.54) is 0 Å². The van der Waals surface area contributed by atoms with Crippen LogP contribution < -0.4 is 5.76 Å². The van der Waals surface area contributed by atoms with E-state index in [4.69, 9.17) is 9.15 Å². The van der Waals surface area contributed by atoms with Gasteiger partial charge in [-0.05, 0) is 25.1 Å². The van der Waals surface area contributed by atoms with Crippen LogP contribution >= 0.6 is 15.9 Å². The largest absolute Gasteiger partial charge is 0.421 e. The number of halogens is 1. The molecule has 0 radical (unpaired) electrons. The molecule has 0 amide bonds. The molecule has 0 aliphatic carbocycles. The third kappa shape index (κ3) is 2.48. The number of rotatable bonds is 2. The molecule has 0 N–H and O–H groups in total. The highest BCUT2D eigenvalue weighted by molar-refractivity contribution is 9.10. The molecule has 0 bridgehead atoms. The molecule has 6 heteroatoms. The van der Waals surface area contributed by atoms with Crippen LogP contribution in [0.25, 0.3) is 11.1 Å². The molecule has 1 saturated heterocycles. The van der Waals surface area contributed by atoms with Crippen LogP contribution in [0.5, 0.6) is 0 Å². The van der Waals surface area contributed by atoms with E-state index >= 15 is 0 Å². The molecule has 1 aliphatic rings. The monoisotopic (exact) mass is 326 g/mol. The molecule has 1 aromatic carbocycles. The first-order chi connectivity index (χ1) is 9.15. The molecule has 0 unspecified atom stereocenters. The standard InChI is InChI=1S/C13H15BrN2O3/c1-9-7-18-5-4-15(9)8-16-11-3-2-10(14)6-12(11)19-13(16)17/h2-3,6,9H,4-5,7-8H2,1H3/t9-/m1/s1. The maximum Gasteiger partial charge on any atom is 0.421 e. The Kier molecular flexibility index (Phi) is 3.47. The summed E-state index contributed by atoms with van der Waals surface area (Å²) in [4.78, 5) is 14.2. The van der Waals surface area contributed by atoms with Crippen molar-refractivity contribution in [1.82, 2.24) is 9.47 Å². The van der Waals surface area contributed by atoms with Crippen molar-refractivity contribution in [1.29, 1.82) is 0 Å². The van der Waals surface area contributed by atoms with Crippen molar-refractivity contribution >= 4 is 27.0 Å². The highest BCUT2D eigenvalue weighted by Gasteiger charge is 2.21. The van der Waals surface area contributed by atoms with Crippen LogP contribution in [0.4, 0.5) is 0 Å². The summed E-state index contributed by atoms with van der Waals surface area (Å²) in [5, 5.41) is 0. The predicted octanol–water partition coefficient (Wildman–Crippen LogP) is 2.04. The Morgan fingerprint density at radius 1 is 1.47 bits per heavy atom. The fraction of sp³-hybridized carbons (Fsp3) is 0.462. The molecule has 2 heterocycles. The molecule has 1 atom stereocenters. The Hall–Kier alpha value is -1.11. The van der Waals surface area contributed by atoms with Crippen molar-refractivity contribution in [2.45, 2.75) is 19.6 Å². The molecule has 2 aromatic rings. The van der Waals surface area contributed by atoms with E-state index in [9.17, 15) is 4.79 Å². The molecule has 1 aromatic heterocycles. The van der Waals surface area contributed by atoms with Gasteiger partial charge in [-0.25, -0.2) is 4.79 Å². The minimum atomic E-state index is -0.313. The maximum atomic E-state index is 12.0. The molecule has 19 heavy (non-hydrogen) atoms. The zero-order valence-electron chi connectivity index (χ0n) is 10.6. The number of nitrogens with zero attached hydrogens (tertiary/aromatic N) is 2. The van der Waals surface area contributed by atoms with Crippen molar-refractivity contribution in [2.75, 3.05) is 19.8 Å². The zero-order valence-corrected chi connectivity index (χ0v) is 12.2. The summed E-state index contributed by atoms with van der Waals surface area (Å²) in [5.41, 5.74) is 1.44. The first kappa shape index (κ1) is 12.9. The number of morpholine rings is 1. The average Bonchev–Trinajstić information content (AvgIpc) is 2.68. The van der Waals surface area contributed by atoms with E-state index in [1.54, 1.807) is 4.57 Å². The van der Waals surface area contributed by atoms with Crippen LogP contribution in [0.1, 0.15) is 6.92 Å². The molecule has 0 saturated carbocycles. The molecule has 1 fully saturated rings. The number of aromatic nitrogens is 1. The van der Waals surface area contributed by atoms with Gasteiger partial charge < -0.3 is 9.15 Å². The smallest absolute Gasteiger partial charge is 0.408 e. The quantitative estimate of drug-likeness (QED) is 0.847. The number of ether oxygens (including phenoxy) is 1. The Morgan fingerprint density at radius 2 is 2.32 bits per heavy atom. The summed E-state index contributed by atoms with van der Waals surface area (Å²) in [6, 6.07) is 5.93. The second-order valence-corrected chi connectivity index (χ2v) is 5.70. The number of fused-ring (bicyclic) bond motifs is 1. The van der Waals surface area contributed by atoms with Crippen LogP contribution in [-0.2, 0) is 11.4 Å². The third-order valence-electron chi connectivity index (χ3n) is 3.46. The normalized spacial score (nSPS) is 21.1. The van der Waals surface area contributed by atoms with E-state index in [-0.39, 0.29) is 5.76 Å². The van der Waals surface area contributed by atoms with Crippen molar-refractivity contribution in [3.63, 3.8) is 0 Å². The summed E-state index contributed by atoms with van der Waals surface area (Å²) in [5.74, 6) is -0.313. The molecular formula is C13H15BrN2O3. The van der Waals surface area contributed by atoms with Crippen molar-refractivity contribution in [3.8, 4) is 0 Å².